The fraction of sp³-hybridized carbons (Fsp3) is 0.192. The number of fused-ring (bicyclic) bond motifs is 3. The van der Waals surface area contributed by atoms with Gasteiger partial charge in [0.15, 0.2) is 11.4 Å². The van der Waals surface area contributed by atoms with Crippen LogP contribution in [0, 0.1) is 16.0 Å². The second-order valence-electron chi connectivity index (χ2n) is 8.25. The number of nitrogens with zero attached hydrogens (tertiary/aromatic N) is 1. The van der Waals surface area contributed by atoms with E-state index in [1.807, 2.05) is 67.6 Å². The van der Waals surface area contributed by atoms with Gasteiger partial charge in [0.1, 0.15) is 0 Å². The molecule has 0 bridgehead atoms. The Morgan fingerprint density at radius 3 is 2.13 bits per heavy atom. The Labute approximate surface area is 179 Å². The number of carbonyl (C=O) groups is 1. The lowest BCUT2D eigenvalue weighted by Gasteiger charge is -2.42. The van der Waals surface area contributed by atoms with Crippen molar-refractivity contribution in [2.75, 3.05) is 0 Å². The first-order chi connectivity index (χ1) is 15.0. The first-order valence-corrected chi connectivity index (χ1v) is 10.3. The monoisotopic (exact) mass is 411 g/mol. The van der Waals surface area contributed by atoms with Crippen LogP contribution in [-0.2, 0) is 5.60 Å². The fourth-order valence-corrected chi connectivity index (χ4v) is 5.49. The van der Waals surface area contributed by atoms with Crippen molar-refractivity contribution in [1.82, 2.24) is 0 Å². The van der Waals surface area contributed by atoms with Crippen LogP contribution < -0.4 is 0 Å². The summed E-state index contributed by atoms with van der Waals surface area (Å²) in [4.78, 5) is 25.6. The van der Waals surface area contributed by atoms with Gasteiger partial charge in [0.05, 0.1) is 5.92 Å². The van der Waals surface area contributed by atoms with E-state index in [-0.39, 0.29) is 17.3 Å². The van der Waals surface area contributed by atoms with Crippen LogP contribution in [0.3, 0.4) is 0 Å². The van der Waals surface area contributed by atoms with E-state index in [1.165, 1.54) is 0 Å². The molecular weight excluding hydrogens is 390 g/mol. The Morgan fingerprint density at radius 1 is 0.903 bits per heavy atom. The lowest BCUT2D eigenvalue weighted by Crippen LogP contribution is -2.53. The van der Waals surface area contributed by atoms with Gasteiger partial charge in [0.2, 0.25) is 0 Å². The molecule has 0 spiro atoms. The molecule has 0 radical (unpaired) electrons. The van der Waals surface area contributed by atoms with Crippen LogP contribution in [0.15, 0.2) is 90.5 Å². The Kier molecular flexibility index (Phi) is 4.38. The van der Waals surface area contributed by atoms with Gasteiger partial charge >= 0.3 is 0 Å². The summed E-state index contributed by atoms with van der Waals surface area (Å²) < 4.78 is 0. The molecule has 0 aliphatic heterocycles. The normalized spacial score (nSPS) is 27.0. The minimum Gasteiger partial charge on any atom is -0.374 e. The molecule has 2 aliphatic rings. The number of carbonyl (C=O) groups excluding carboxylic acids is 1. The number of nitro groups is 1. The van der Waals surface area contributed by atoms with Crippen molar-refractivity contribution in [3.05, 3.63) is 123 Å². The second-order valence-corrected chi connectivity index (χ2v) is 8.25. The van der Waals surface area contributed by atoms with E-state index in [9.17, 15) is 20.0 Å². The summed E-state index contributed by atoms with van der Waals surface area (Å²) in [5.74, 6) is -1.30. The lowest BCUT2D eigenvalue weighted by molar-refractivity contribution is -0.551. The Morgan fingerprint density at radius 2 is 1.48 bits per heavy atom. The number of Topliss-reactive ketones (excluding diaryl/α,β-unsaturated/α-hetero) is 1. The van der Waals surface area contributed by atoms with Gasteiger partial charge in [-0.2, -0.15) is 0 Å². The molecule has 154 valence electrons. The number of ketones is 1. The maximum Gasteiger partial charge on any atom is 0.257 e. The molecular formula is C26H21NO4. The summed E-state index contributed by atoms with van der Waals surface area (Å²) in [7, 11) is 0. The molecule has 0 saturated carbocycles. The molecule has 4 atom stereocenters. The Balaban J connectivity index is 1.89. The predicted octanol–water partition coefficient (Wildman–Crippen LogP) is 4.60. The summed E-state index contributed by atoms with van der Waals surface area (Å²) in [5, 5.41) is 24.6. The fourth-order valence-electron chi connectivity index (χ4n) is 5.49. The van der Waals surface area contributed by atoms with Crippen molar-refractivity contribution in [2.45, 2.75) is 24.5 Å². The highest BCUT2D eigenvalue weighted by atomic mass is 16.6. The van der Waals surface area contributed by atoms with Gasteiger partial charge in [-0.25, -0.2) is 0 Å². The van der Waals surface area contributed by atoms with Crippen molar-refractivity contribution in [1.29, 1.82) is 0 Å². The average molecular weight is 411 g/mol. The maximum absolute atomic E-state index is 13.5. The number of allylic oxidation sites excluding steroid dienone is 1. The van der Waals surface area contributed by atoms with E-state index in [2.05, 4.69) is 0 Å². The molecule has 5 rings (SSSR count). The van der Waals surface area contributed by atoms with Gasteiger partial charge in [0, 0.05) is 21.6 Å². The van der Waals surface area contributed by atoms with Gasteiger partial charge in [-0.05, 0) is 22.6 Å². The number of hydrogen-bond acceptors (Lipinski definition) is 4. The number of hydrogen-bond donors (Lipinski definition) is 1. The third kappa shape index (κ3) is 2.63. The molecule has 0 fully saturated rings. The standard InChI is InChI=1S/C26H21NO4/c1-16-21(17-10-4-2-5-11-17)23-24(28)19-14-8-9-15-20(19)26(23,29)25(27(30)31)22(16)18-12-6-3-7-13-18/h2-16,22,25,29H,1H3/t16-,22-,25-,26+/m1/s1. The molecule has 2 aliphatic carbocycles. The van der Waals surface area contributed by atoms with Crippen molar-refractivity contribution in [3.8, 4) is 0 Å². The molecule has 0 heterocycles. The molecule has 5 heteroatoms. The van der Waals surface area contributed by atoms with Gasteiger partial charge in [-0.3, -0.25) is 14.9 Å². The van der Waals surface area contributed by atoms with Crippen LogP contribution in [0.25, 0.3) is 5.57 Å². The first kappa shape index (κ1) is 19.4. The Bertz CT molecular complexity index is 1220. The molecule has 3 aromatic carbocycles. The van der Waals surface area contributed by atoms with E-state index in [0.717, 1.165) is 11.1 Å². The van der Waals surface area contributed by atoms with E-state index in [4.69, 9.17) is 0 Å². The molecule has 3 aromatic rings. The van der Waals surface area contributed by atoms with Gasteiger partial charge in [-0.15, -0.1) is 0 Å². The van der Waals surface area contributed by atoms with E-state index < -0.39 is 22.5 Å². The molecule has 0 amide bonds. The molecule has 1 N–H and O–H groups in total. The molecule has 0 aromatic heterocycles. The summed E-state index contributed by atoms with van der Waals surface area (Å²) in [6, 6.07) is 24.0. The smallest absolute Gasteiger partial charge is 0.257 e. The van der Waals surface area contributed by atoms with E-state index in [1.54, 1.807) is 24.3 Å². The third-order valence-electron chi connectivity index (χ3n) is 6.72. The number of aliphatic hydroxyl groups is 1. The van der Waals surface area contributed by atoms with Crippen LogP contribution in [-0.4, -0.2) is 21.9 Å². The lowest BCUT2D eigenvalue weighted by atomic mass is 9.62. The van der Waals surface area contributed by atoms with Crippen LogP contribution in [0.1, 0.15) is 39.9 Å². The first-order valence-electron chi connectivity index (χ1n) is 10.3. The molecule has 31 heavy (non-hydrogen) atoms. The van der Waals surface area contributed by atoms with Gasteiger partial charge in [-0.1, -0.05) is 91.9 Å². The highest BCUT2D eigenvalue weighted by Crippen LogP contribution is 2.58. The predicted molar refractivity (Wildman–Crippen MR) is 117 cm³/mol. The zero-order chi connectivity index (χ0) is 21.8. The zero-order valence-corrected chi connectivity index (χ0v) is 16.9. The third-order valence-corrected chi connectivity index (χ3v) is 6.72. The van der Waals surface area contributed by atoms with Gasteiger partial charge < -0.3 is 5.11 Å². The summed E-state index contributed by atoms with van der Waals surface area (Å²) in [6.07, 6.45) is 0. The van der Waals surface area contributed by atoms with E-state index in [0.29, 0.717) is 16.7 Å². The second kappa shape index (κ2) is 7.00. The largest absolute Gasteiger partial charge is 0.374 e. The number of rotatable bonds is 3. The quantitative estimate of drug-likeness (QED) is 0.504. The van der Waals surface area contributed by atoms with Crippen LogP contribution in [0.5, 0.6) is 0 Å². The molecule has 5 nitrogen and oxygen atoms in total. The van der Waals surface area contributed by atoms with Crippen molar-refractivity contribution in [3.63, 3.8) is 0 Å². The summed E-state index contributed by atoms with van der Waals surface area (Å²) >= 11 is 0. The molecule has 0 saturated heterocycles. The Hall–Kier alpha value is -3.57. The molecule has 0 unspecified atom stereocenters. The summed E-state index contributed by atoms with van der Waals surface area (Å²) in [6.45, 7) is 1.92. The highest BCUT2D eigenvalue weighted by molar-refractivity contribution is 6.19. The van der Waals surface area contributed by atoms with Gasteiger partial charge in [0.25, 0.3) is 6.04 Å². The topological polar surface area (TPSA) is 80.4 Å². The SMILES string of the molecule is C[C@@H]1C(c2ccccc2)=C2C(=O)c3ccccc3[C@@]2(O)[C@H]([N+](=O)[O-])[C@H]1c1ccccc1. The van der Waals surface area contributed by atoms with Crippen LogP contribution >= 0.6 is 0 Å². The highest BCUT2D eigenvalue weighted by Gasteiger charge is 2.65. The van der Waals surface area contributed by atoms with Crippen LogP contribution in [0.2, 0.25) is 0 Å². The van der Waals surface area contributed by atoms with Crippen LogP contribution in [0.4, 0.5) is 0 Å². The maximum atomic E-state index is 13.5. The van der Waals surface area contributed by atoms with Crippen molar-refractivity contribution >= 4 is 11.4 Å². The van der Waals surface area contributed by atoms with Crippen molar-refractivity contribution in [2.24, 2.45) is 5.92 Å². The van der Waals surface area contributed by atoms with E-state index >= 15 is 0 Å². The summed E-state index contributed by atoms with van der Waals surface area (Å²) in [5.41, 5.74) is 1.04. The zero-order valence-electron chi connectivity index (χ0n) is 16.9. The average Bonchev–Trinajstić information content (AvgIpc) is 3.02. The van der Waals surface area contributed by atoms with Crippen molar-refractivity contribution < 1.29 is 14.8 Å². The minimum atomic E-state index is -2.00. The number of benzene rings is 3. The minimum absolute atomic E-state index is 0.140.